The number of hydrogen-bond acceptors (Lipinski definition) is 3. The second-order valence-electron chi connectivity index (χ2n) is 7.63. The third-order valence-electron chi connectivity index (χ3n) is 5.14. The normalized spacial score (nSPS) is 12.1. The minimum absolute atomic E-state index is 0.0922. The van der Waals surface area contributed by atoms with E-state index in [1.807, 2.05) is 0 Å². The van der Waals surface area contributed by atoms with Crippen LogP contribution in [0, 0.1) is 11.7 Å². The molecule has 8 heteroatoms. The minimum atomic E-state index is -0.427. The molecule has 0 aliphatic rings. The van der Waals surface area contributed by atoms with Crippen LogP contribution in [0.15, 0.2) is 35.3 Å². The number of rotatable bonds is 9. The topological polar surface area (TPSA) is 103 Å². The number of benzene rings is 1. The number of carbonyl (C=O) groups excluding carboxylic acids is 1. The highest BCUT2D eigenvalue weighted by atomic mass is 19.1. The fraction of sp³-hybridized carbons (Fsp3) is 0.409. The molecule has 0 saturated heterocycles. The van der Waals surface area contributed by atoms with Crippen molar-refractivity contribution in [3.8, 4) is 11.1 Å². The number of imidazole rings is 1. The minimum Gasteiger partial charge on any atom is -0.338 e. The Morgan fingerprint density at radius 1 is 1.20 bits per heavy atom. The number of amides is 2. The molecule has 1 aromatic carbocycles. The molecule has 0 saturated carbocycles. The van der Waals surface area contributed by atoms with Gasteiger partial charge < -0.3 is 15.6 Å². The van der Waals surface area contributed by atoms with E-state index in [-0.39, 0.29) is 18.3 Å². The standard InChI is InChI=1S/C22H28FN5O2/c1-3-4-5-6-14(2)12-25-21(29)26-13-16-8-7-15(11-18(16)23)17-9-10-24-20-19(17)27-22(30)28-20/h7-11,14H,3-6,12-13H2,1-2H3,(H2,25,26,29)(H2,24,27,28,30). The maximum atomic E-state index is 14.6. The van der Waals surface area contributed by atoms with Crippen molar-refractivity contribution >= 4 is 17.2 Å². The van der Waals surface area contributed by atoms with Crippen molar-refractivity contribution in [2.24, 2.45) is 5.92 Å². The fourth-order valence-corrected chi connectivity index (χ4v) is 3.38. The number of aromatic amines is 2. The van der Waals surface area contributed by atoms with Gasteiger partial charge in [-0.25, -0.2) is 19.0 Å². The lowest BCUT2D eigenvalue weighted by Gasteiger charge is -2.13. The van der Waals surface area contributed by atoms with E-state index in [9.17, 15) is 14.0 Å². The lowest BCUT2D eigenvalue weighted by atomic mass is 10.0. The highest BCUT2D eigenvalue weighted by Crippen LogP contribution is 2.26. The summed E-state index contributed by atoms with van der Waals surface area (Å²) < 4.78 is 14.6. The van der Waals surface area contributed by atoms with Crippen LogP contribution in [0.5, 0.6) is 0 Å². The molecule has 4 N–H and O–H groups in total. The molecule has 0 aliphatic carbocycles. The maximum absolute atomic E-state index is 14.6. The Hall–Kier alpha value is -3.16. The second kappa shape index (κ2) is 10.0. The third kappa shape index (κ3) is 5.46. The zero-order valence-corrected chi connectivity index (χ0v) is 17.3. The predicted molar refractivity (Wildman–Crippen MR) is 116 cm³/mol. The summed E-state index contributed by atoms with van der Waals surface area (Å²) in [5.41, 5.74) is 2.26. The van der Waals surface area contributed by atoms with Crippen molar-refractivity contribution in [2.45, 2.75) is 46.1 Å². The van der Waals surface area contributed by atoms with Crippen LogP contribution < -0.4 is 16.3 Å². The predicted octanol–water partition coefficient (Wildman–Crippen LogP) is 4.07. The molecule has 0 spiro atoms. The molecule has 30 heavy (non-hydrogen) atoms. The molecule has 7 nitrogen and oxygen atoms in total. The van der Waals surface area contributed by atoms with E-state index in [2.05, 4.69) is 39.4 Å². The number of nitrogens with zero attached hydrogens (tertiary/aromatic N) is 1. The highest BCUT2D eigenvalue weighted by molar-refractivity contribution is 5.89. The quantitative estimate of drug-likeness (QED) is 0.398. The Bertz CT molecular complexity index is 1060. The van der Waals surface area contributed by atoms with Gasteiger partial charge in [-0.15, -0.1) is 0 Å². The van der Waals surface area contributed by atoms with Gasteiger partial charge in [-0.2, -0.15) is 0 Å². The molecule has 0 aliphatic heterocycles. The number of urea groups is 1. The number of hydrogen-bond donors (Lipinski definition) is 4. The van der Waals surface area contributed by atoms with E-state index in [0.717, 1.165) is 6.42 Å². The van der Waals surface area contributed by atoms with E-state index >= 15 is 0 Å². The van der Waals surface area contributed by atoms with Crippen LogP contribution in [-0.2, 0) is 6.54 Å². The van der Waals surface area contributed by atoms with Crippen molar-refractivity contribution in [3.05, 3.63) is 52.3 Å². The van der Waals surface area contributed by atoms with Crippen molar-refractivity contribution < 1.29 is 9.18 Å². The molecule has 0 bridgehead atoms. The Balaban J connectivity index is 1.58. The van der Waals surface area contributed by atoms with Crippen LogP contribution in [0.25, 0.3) is 22.3 Å². The van der Waals surface area contributed by atoms with Gasteiger partial charge in [0.1, 0.15) is 5.82 Å². The molecule has 0 radical (unpaired) electrons. The van der Waals surface area contributed by atoms with Gasteiger partial charge in [0, 0.05) is 30.4 Å². The average molecular weight is 413 g/mol. The largest absolute Gasteiger partial charge is 0.338 e. The van der Waals surface area contributed by atoms with E-state index in [0.29, 0.717) is 40.3 Å². The van der Waals surface area contributed by atoms with Gasteiger partial charge in [0.2, 0.25) is 0 Å². The molecule has 2 aromatic heterocycles. The lowest BCUT2D eigenvalue weighted by molar-refractivity contribution is 0.238. The van der Waals surface area contributed by atoms with Gasteiger partial charge in [0.15, 0.2) is 5.65 Å². The summed E-state index contributed by atoms with van der Waals surface area (Å²) in [6.07, 6.45) is 6.19. The molecule has 0 fully saturated rings. The van der Waals surface area contributed by atoms with Gasteiger partial charge in [-0.1, -0.05) is 45.2 Å². The van der Waals surface area contributed by atoms with Gasteiger partial charge in [-0.3, -0.25) is 4.98 Å². The molecular weight excluding hydrogens is 385 g/mol. The average Bonchev–Trinajstić information content (AvgIpc) is 3.11. The first-order chi connectivity index (χ1) is 14.5. The summed E-state index contributed by atoms with van der Waals surface area (Å²) in [6, 6.07) is 6.20. The van der Waals surface area contributed by atoms with Crippen LogP contribution in [0.2, 0.25) is 0 Å². The molecule has 2 heterocycles. The Labute approximate surface area is 174 Å². The summed E-state index contributed by atoms with van der Waals surface area (Å²) in [6.45, 7) is 4.97. The summed E-state index contributed by atoms with van der Waals surface area (Å²) in [5.74, 6) is -0.0148. The number of halogens is 1. The van der Waals surface area contributed by atoms with Crippen LogP contribution in [0.1, 0.15) is 45.1 Å². The molecule has 3 rings (SSSR count). The van der Waals surface area contributed by atoms with Crippen molar-refractivity contribution in [1.82, 2.24) is 25.6 Å². The number of aromatic nitrogens is 3. The fourth-order valence-electron chi connectivity index (χ4n) is 3.38. The van der Waals surface area contributed by atoms with Crippen molar-refractivity contribution in [1.29, 1.82) is 0 Å². The summed E-state index contributed by atoms with van der Waals surface area (Å²) in [4.78, 5) is 32.9. The lowest BCUT2D eigenvalue weighted by Crippen LogP contribution is -2.37. The molecule has 1 unspecified atom stereocenters. The molecule has 2 amide bonds. The van der Waals surface area contributed by atoms with Crippen molar-refractivity contribution in [3.63, 3.8) is 0 Å². The monoisotopic (exact) mass is 413 g/mol. The number of carbonyl (C=O) groups is 1. The van der Waals surface area contributed by atoms with Crippen LogP contribution in [-0.4, -0.2) is 27.5 Å². The SMILES string of the molecule is CCCCCC(C)CNC(=O)NCc1ccc(-c2ccnc3[nH]c(=O)[nH]c23)cc1F. The number of pyridine rings is 1. The molecular formula is C22H28FN5O2. The molecule has 3 aromatic rings. The second-order valence-corrected chi connectivity index (χ2v) is 7.63. The zero-order chi connectivity index (χ0) is 21.5. The van der Waals surface area contributed by atoms with Crippen LogP contribution in [0.3, 0.4) is 0 Å². The van der Waals surface area contributed by atoms with E-state index in [1.54, 1.807) is 24.4 Å². The highest BCUT2D eigenvalue weighted by Gasteiger charge is 2.11. The van der Waals surface area contributed by atoms with Gasteiger partial charge in [0.05, 0.1) is 5.52 Å². The number of nitrogens with one attached hydrogen (secondary N) is 4. The zero-order valence-electron chi connectivity index (χ0n) is 17.3. The maximum Gasteiger partial charge on any atom is 0.325 e. The van der Waals surface area contributed by atoms with Crippen molar-refractivity contribution in [2.75, 3.05) is 6.54 Å². The van der Waals surface area contributed by atoms with E-state index in [4.69, 9.17) is 0 Å². The third-order valence-corrected chi connectivity index (χ3v) is 5.14. The number of fused-ring (bicyclic) bond motifs is 1. The first-order valence-electron chi connectivity index (χ1n) is 10.4. The number of unbranched alkanes of at least 4 members (excludes halogenated alkanes) is 2. The van der Waals surface area contributed by atoms with Crippen LogP contribution in [0.4, 0.5) is 9.18 Å². The summed E-state index contributed by atoms with van der Waals surface area (Å²) in [5, 5.41) is 5.54. The molecule has 1 atom stereocenters. The van der Waals surface area contributed by atoms with E-state index < -0.39 is 5.82 Å². The Kier molecular flexibility index (Phi) is 7.21. The smallest absolute Gasteiger partial charge is 0.325 e. The Morgan fingerprint density at radius 2 is 2.03 bits per heavy atom. The summed E-state index contributed by atoms with van der Waals surface area (Å²) in [7, 11) is 0. The van der Waals surface area contributed by atoms with Gasteiger partial charge >= 0.3 is 11.7 Å². The number of H-pyrrole nitrogens is 2. The van der Waals surface area contributed by atoms with Gasteiger partial charge in [0.25, 0.3) is 0 Å². The van der Waals surface area contributed by atoms with Gasteiger partial charge in [-0.05, 0) is 30.0 Å². The summed E-state index contributed by atoms with van der Waals surface area (Å²) >= 11 is 0. The first-order valence-corrected chi connectivity index (χ1v) is 10.4. The van der Waals surface area contributed by atoms with E-state index in [1.165, 1.54) is 25.3 Å². The van der Waals surface area contributed by atoms with Crippen LogP contribution >= 0.6 is 0 Å². The molecule has 160 valence electrons. The first kappa shape index (κ1) is 21.5. The Morgan fingerprint density at radius 3 is 2.80 bits per heavy atom.